The minimum Gasteiger partial charge on any atom is -0.0622 e. The summed E-state index contributed by atoms with van der Waals surface area (Å²) >= 11 is 0. The quantitative estimate of drug-likeness (QED) is 0.244. The van der Waals surface area contributed by atoms with E-state index in [0.29, 0.717) is 0 Å². The molecule has 5 rings (SSSR count). The Morgan fingerprint density at radius 1 is 0.464 bits per heavy atom. The Balaban J connectivity index is 1.74. The maximum atomic E-state index is 2.32. The van der Waals surface area contributed by atoms with Gasteiger partial charge in [0.25, 0.3) is 0 Å². The predicted octanol–water partition coefficient (Wildman–Crippen LogP) is 6.63. The van der Waals surface area contributed by atoms with Crippen LogP contribution < -0.4 is 10.6 Å². The zero-order chi connectivity index (χ0) is 18.8. The normalized spacial score (nSPS) is 11.3. The van der Waals surface area contributed by atoms with E-state index in [1.54, 1.807) is 0 Å². The van der Waals surface area contributed by atoms with Crippen LogP contribution >= 0.6 is 7.92 Å². The van der Waals surface area contributed by atoms with Crippen LogP contribution in [0.25, 0.3) is 21.5 Å². The van der Waals surface area contributed by atoms with Gasteiger partial charge in [0.05, 0.1) is 0 Å². The van der Waals surface area contributed by atoms with Crippen molar-refractivity contribution in [3.05, 3.63) is 121 Å². The molecule has 0 unspecified atom stereocenters. The molecule has 0 aliphatic carbocycles. The minimum absolute atomic E-state index is 0.474. The second kappa shape index (κ2) is 7.58. The van der Waals surface area contributed by atoms with Crippen molar-refractivity contribution in [3.63, 3.8) is 0 Å². The SMILES string of the molecule is c1ccc(P(Cc2c3ccccc3cc3ccccc23)c2ccccc2)cc1. The summed E-state index contributed by atoms with van der Waals surface area (Å²) < 4.78 is 0. The zero-order valence-corrected chi connectivity index (χ0v) is 16.5. The third-order valence-electron chi connectivity index (χ3n) is 5.33. The second-order valence-corrected chi connectivity index (χ2v) is 9.26. The highest BCUT2D eigenvalue weighted by atomic mass is 31.1. The van der Waals surface area contributed by atoms with E-state index < -0.39 is 7.92 Å². The van der Waals surface area contributed by atoms with Gasteiger partial charge in [-0.25, -0.2) is 0 Å². The monoisotopic (exact) mass is 376 g/mol. The topological polar surface area (TPSA) is 0 Å². The molecule has 0 spiro atoms. The molecule has 134 valence electrons. The van der Waals surface area contributed by atoms with Gasteiger partial charge in [0.2, 0.25) is 0 Å². The predicted molar refractivity (Wildman–Crippen MR) is 124 cm³/mol. The highest BCUT2D eigenvalue weighted by molar-refractivity contribution is 7.72. The minimum atomic E-state index is -0.474. The lowest BCUT2D eigenvalue weighted by atomic mass is 9.98. The molecule has 0 saturated carbocycles. The molecule has 28 heavy (non-hydrogen) atoms. The Hall–Kier alpha value is -2.95. The van der Waals surface area contributed by atoms with Crippen LogP contribution in [0.3, 0.4) is 0 Å². The standard InChI is InChI=1S/C27H21P/c1-3-13-23(14-4-1)28(24-15-5-2-6-16-24)20-27-25-17-9-7-11-21(25)19-22-12-8-10-18-26(22)27/h1-19H,20H2. The lowest BCUT2D eigenvalue weighted by Gasteiger charge is -2.21. The van der Waals surface area contributed by atoms with Crippen LogP contribution in [0.15, 0.2) is 115 Å². The molecule has 5 aromatic carbocycles. The van der Waals surface area contributed by atoms with Crippen molar-refractivity contribution < 1.29 is 0 Å². The number of rotatable bonds is 4. The highest BCUT2D eigenvalue weighted by Gasteiger charge is 2.17. The van der Waals surface area contributed by atoms with Crippen LogP contribution in [-0.2, 0) is 6.16 Å². The molecule has 0 bridgehead atoms. The third-order valence-corrected chi connectivity index (χ3v) is 7.81. The van der Waals surface area contributed by atoms with E-state index in [2.05, 4.69) is 115 Å². The Labute approximate surface area is 167 Å². The molecule has 0 saturated heterocycles. The average Bonchev–Trinajstić information content (AvgIpc) is 2.78. The Morgan fingerprint density at radius 3 is 1.39 bits per heavy atom. The van der Waals surface area contributed by atoms with Gasteiger partial charge in [0.15, 0.2) is 0 Å². The van der Waals surface area contributed by atoms with Crippen LogP contribution in [0.1, 0.15) is 5.56 Å². The molecule has 0 fully saturated rings. The molecule has 0 amide bonds. The summed E-state index contributed by atoms with van der Waals surface area (Å²) in [6.07, 6.45) is 1.05. The Bertz CT molecular complexity index is 1130. The molecule has 1 heteroatoms. The molecule has 0 aliphatic heterocycles. The number of benzene rings is 5. The van der Waals surface area contributed by atoms with Crippen molar-refractivity contribution in [2.75, 3.05) is 0 Å². The molecular weight excluding hydrogens is 355 g/mol. The van der Waals surface area contributed by atoms with E-state index in [1.165, 1.54) is 37.7 Å². The fraction of sp³-hybridized carbons (Fsp3) is 0.0370. The fourth-order valence-corrected chi connectivity index (χ4v) is 6.37. The van der Waals surface area contributed by atoms with Crippen molar-refractivity contribution in [1.29, 1.82) is 0 Å². The first-order valence-corrected chi connectivity index (χ1v) is 11.2. The fourth-order valence-electron chi connectivity index (χ4n) is 3.98. The molecular formula is C27H21P. The van der Waals surface area contributed by atoms with E-state index in [9.17, 15) is 0 Å². The highest BCUT2D eigenvalue weighted by Crippen LogP contribution is 2.42. The molecule has 0 nitrogen and oxygen atoms in total. The van der Waals surface area contributed by atoms with Crippen molar-refractivity contribution in [2.24, 2.45) is 0 Å². The van der Waals surface area contributed by atoms with Gasteiger partial charge in [0.1, 0.15) is 0 Å². The first-order chi connectivity index (χ1) is 13.9. The van der Waals surface area contributed by atoms with Gasteiger partial charge in [-0.05, 0) is 51.7 Å². The molecule has 0 aromatic heterocycles. The van der Waals surface area contributed by atoms with Crippen LogP contribution in [0, 0.1) is 0 Å². The first-order valence-electron chi connectivity index (χ1n) is 9.67. The van der Waals surface area contributed by atoms with Gasteiger partial charge in [-0.3, -0.25) is 0 Å². The van der Waals surface area contributed by atoms with Crippen molar-refractivity contribution in [3.8, 4) is 0 Å². The van der Waals surface area contributed by atoms with E-state index in [4.69, 9.17) is 0 Å². The number of hydrogen-bond donors (Lipinski definition) is 0. The Kier molecular flexibility index (Phi) is 4.65. The van der Waals surface area contributed by atoms with E-state index in [-0.39, 0.29) is 0 Å². The van der Waals surface area contributed by atoms with Crippen molar-refractivity contribution >= 4 is 40.1 Å². The summed E-state index contributed by atoms with van der Waals surface area (Å²) in [7, 11) is -0.474. The van der Waals surface area contributed by atoms with Gasteiger partial charge in [-0.1, -0.05) is 109 Å². The largest absolute Gasteiger partial charge is 0.0622 e. The zero-order valence-electron chi connectivity index (χ0n) is 15.6. The molecule has 0 aliphatic rings. The van der Waals surface area contributed by atoms with Gasteiger partial charge in [-0.15, -0.1) is 0 Å². The molecule has 0 atom stereocenters. The van der Waals surface area contributed by atoms with Crippen LogP contribution in [0.4, 0.5) is 0 Å². The van der Waals surface area contributed by atoms with Crippen molar-refractivity contribution in [2.45, 2.75) is 6.16 Å². The molecule has 0 heterocycles. The number of hydrogen-bond acceptors (Lipinski definition) is 0. The smallest absolute Gasteiger partial charge is 0.00198 e. The van der Waals surface area contributed by atoms with Gasteiger partial charge in [0, 0.05) is 6.16 Å². The van der Waals surface area contributed by atoms with Crippen molar-refractivity contribution in [1.82, 2.24) is 0 Å². The first kappa shape index (κ1) is 17.2. The van der Waals surface area contributed by atoms with E-state index in [1.807, 2.05) is 0 Å². The maximum Gasteiger partial charge on any atom is 0.00198 e. The number of fused-ring (bicyclic) bond motifs is 2. The maximum absolute atomic E-state index is 2.32. The van der Waals surface area contributed by atoms with Crippen LogP contribution in [0.5, 0.6) is 0 Å². The second-order valence-electron chi connectivity index (χ2n) is 7.05. The lowest BCUT2D eigenvalue weighted by Crippen LogP contribution is -2.13. The summed E-state index contributed by atoms with van der Waals surface area (Å²) in [5, 5.41) is 8.27. The van der Waals surface area contributed by atoms with Crippen LogP contribution in [-0.4, -0.2) is 0 Å². The Morgan fingerprint density at radius 2 is 0.893 bits per heavy atom. The van der Waals surface area contributed by atoms with E-state index in [0.717, 1.165) is 6.16 Å². The summed E-state index contributed by atoms with van der Waals surface area (Å²) in [6.45, 7) is 0. The third kappa shape index (κ3) is 3.21. The summed E-state index contributed by atoms with van der Waals surface area (Å²) in [5.41, 5.74) is 1.47. The molecule has 0 N–H and O–H groups in total. The lowest BCUT2D eigenvalue weighted by molar-refractivity contribution is 1.49. The summed E-state index contributed by atoms with van der Waals surface area (Å²) in [6, 6.07) is 41.9. The van der Waals surface area contributed by atoms with Gasteiger partial charge >= 0.3 is 0 Å². The van der Waals surface area contributed by atoms with Crippen LogP contribution in [0.2, 0.25) is 0 Å². The van der Waals surface area contributed by atoms with E-state index >= 15 is 0 Å². The molecule has 0 radical (unpaired) electrons. The van der Waals surface area contributed by atoms with Gasteiger partial charge < -0.3 is 0 Å². The summed E-state index contributed by atoms with van der Waals surface area (Å²) in [4.78, 5) is 0. The molecule has 5 aromatic rings. The average molecular weight is 376 g/mol. The summed E-state index contributed by atoms with van der Waals surface area (Å²) in [5.74, 6) is 0. The van der Waals surface area contributed by atoms with Gasteiger partial charge in [-0.2, -0.15) is 0 Å².